The van der Waals surface area contributed by atoms with Crippen molar-refractivity contribution >= 4 is 23.8 Å². The number of hydrogen-bond acceptors (Lipinski definition) is 0. The molecule has 1 atom stereocenters. The van der Waals surface area contributed by atoms with Crippen molar-refractivity contribution in [1.29, 1.82) is 0 Å². The van der Waals surface area contributed by atoms with Crippen molar-refractivity contribution in [1.82, 2.24) is 0 Å². The summed E-state index contributed by atoms with van der Waals surface area (Å²) in [5.74, 6) is 0. The molecule has 1 aliphatic rings. The van der Waals surface area contributed by atoms with Crippen LogP contribution in [0.3, 0.4) is 0 Å². The quantitative estimate of drug-likeness (QED) is 0.634. The number of rotatable bonds is 2. The maximum Gasteiger partial charge on any atom is 0.0520 e. The highest BCUT2D eigenvalue weighted by atomic mass is 35.7. The molecule has 2 rings (SSSR count). The Labute approximate surface area is 105 Å². The fourth-order valence-electron chi connectivity index (χ4n) is 1.45. The van der Waals surface area contributed by atoms with Crippen LogP contribution in [0.1, 0.15) is 26.7 Å². The lowest BCUT2D eigenvalue weighted by Crippen LogP contribution is -1.97. The van der Waals surface area contributed by atoms with Crippen LogP contribution in [0.4, 0.5) is 0 Å². The second-order valence-electron chi connectivity index (χ2n) is 3.23. The van der Waals surface area contributed by atoms with Gasteiger partial charge in [-0.25, -0.2) is 0 Å². The molecule has 1 unspecified atom stereocenters. The van der Waals surface area contributed by atoms with Gasteiger partial charge in [0.25, 0.3) is 0 Å². The molecular weight excluding hydrogens is 235 g/mol. The van der Waals surface area contributed by atoms with Gasteiger partial charge < -0.3 is 0 Å². The van der Waals surface area contributed by atoms with Gasteiger partial charge in [0.1, 0.15) is 0 Å². The predicted molar refractivity (Wildman–Crippen MR) is 76.7 cm³/mol. The highest BCUT2D eigenvalue weighted by molar-refractivity contribution is 7.93. The average Bonchev–Trinajstić information content (AvgIpc) is 2.42. The summed E-state index contributed by atoms with van der Waals surface area (Å²) in [6.07, 6.45) is 8.90. The molecule has 16 heavy (non-hydrogen) atoms. The fourth-order valence-corrected chi connectivity index (χ4v) is 3.42. The van der Waals surface area contributed by atoms with E-state index in [2.05, 4.69) is 30.4 Å². The van der Waals surface area contributed by atoms with Gasteiger partial charge in [0.05, 0.1) is 7.27 Å². The maximum atomic E-state index is 6.43. The van der Waals surface area contributed by atoms with Crippen molar-refractivity contribution in [3.63, 3.8) is 0 Å². The van der Waals surface area contributed by atoms with E-state index >= 15 is 0 Å². The van der Waals surface area contributed by atoms with E-state index in [1.54, 1.807) is 0 Å². The van der Waals surface area contributed by atoms with Gasteiger partial charge in [-0.15, -0.1) is 0 Å². The molecule has 0 radical (unpaired) electrons. The molecule has 0 fully saturated rings. The van der Waals surface area contributed by atoms with Crippen LogP contribution < -0.4 is 5.30 Å². The lowest BCUT2D eigenvalue weighted by molar-refractivity contribution is 1.03. The zero-order chi connectivity index (χ0) is 11.8. The van der Waals surface area contributed by atoms with Gasteiger partial charge in [-0.05, 0) is 23.5 Å². The SMILES string of the molecule is CC.ClP(C1=CCCC=C1)c1ccccc1. The average molecular weight is 253 g/mol. The standard InChI is InChI=1S/C12H12ClP.C2H6/c13-14(11-7-3-1-4-8-11)12-9-5-2-6-10-12;1-2/h1,3-5,7-10H,2,6H2;1-2H3. The van der Waals surface area contributed by atoms with E-state index in [-0.39, 0.29) is 0 Å². The van der Waals surface area contributed by atoms with Gasteiger partial charge in [0.15, 0.2) is 0 Å². The monoisotopic (exact) mass is 252 g/mol. The summed E-state index contributed by atoms with van der Waals surface area (Å²) < 4.78 is 0. The van der Waals surface area contributed by atoms with Crippen LogP contribution in [0, 0.1) is 0 Å². The molecule has 1 aromatic rings. The van der Waals surface area contributed by atoms with Gasteiger partial charge in [-0.2, -0.15) is 0 Å². The minimum atomic E-state index is -0.647. The summed E-state index contributed by atoms with van der Waals surface area (Å²) in [5, 5.41) is 2.53. The van der Waals surface area contributed by atoms with Gasteiger partial charge in [0.2, 0.25) is 0 Å². The third-order valence-electron chi connectivity index (χ3n) is 2.18. The molecule has 0 N–H and O–H groups in total. The van der Waals surface area contributed by atoms with Gasteiger partial charge >= 0.3 is 0 Å². The minimum Gasteiger partial charge on any atom is -0.0859 e. The van der Waals surface area contributed by atoms with Crippen molar-refractivity contribution in [2.24, 2.45) is 0 Å². The molecule has 0 bridgehead atoms. The minimum absolute atomic E-state index is 0.647. The molecule has 2 heteroatoms. The summed E-state index contributed by atoms with van der Waals surface area (Å²) >= 11 is 6.43. The Hall–Kier alpha value is -0.580. The summed E-state index contributed by atoms with van der Waals surface area (Å²) in [6.45, 7) is 4.00. The smallest absolute Gasteiger partial charge is 0.0520 e. The summed E-state index contributed by atoms with van der Waals surface area (Å²) in [6, 6.07) is 10.3. The van der Waals surface area contributed by atoms with Crippen molar-refractivity contribution in [2.75, 3.05) is 0 Å². The van der Waals surface area contributed by atoms with E-state index in [4.69, 9.17) is 11.2 Å². The summed E-state index contributed by atoms with van der Waals surface area (Å²) in [5.41, 5.74) is 0. The van der Waals surface area contributed by atoms with Crippen LogP contribution in [0.5, 0.6) is 0 Å². The lowest BCUT2D eigenvalue weighted by atomic mass is 10.2. The van der Waals surface area contributed by atoms with Crippen LogP contribution in [0.15, 0.2) is 53.9 Å². The second kappa shape index (κ2) is 7.65. The summed E-state index contributed by atoms with van der Waals surface area (Å²) in [7, 11) is -0.647. The summed E-state index contributed by atoms with van der Waals surface area (Å²) in [4.78, 5) is 0. The van der Waals surface area contributed by atoms with Crippen LogP contribution in [-0.2, 0) is 0 Å². The van der Waals surface area contributed by atoms with E-state index in [1.807, 2.05) is 32.0 Å². The Morgan fingerprint density at radius 3 is 2.31 bits per heavy atom. The Kier molecular flexibility index (Phi) is 6.45. The van der Waals surface area contributed by atoms with Crippen LogP contribution in [-0.4, -0.2) is 0 Å². The first-order valence-corrected chi connectivity index (χ1v) is 8.00. The van der Waals surface area contributed by atoms with Crippen molar-refractivity contribution in [3.8, 4) is 0 Å². The van der Waals surface area contributed by atoms with E-state index in [1.165, 1.54) is 10.6 Å². The van der Waals surface area contributed by atoms with Crippen molar-refractivity contribution in [2.45, 2.75) is 26.7 Å². The molecule has 86 valence electrons. The second-order valence-corrected chi connectivity index (χ2v) is 5.83. The molecule has 0 aromatic heterocycles. The molecule has 0 saturated heterocycles. The molecule has 0 amide bonds. The number of hydrogen-bond donors (Lipinski definition) is 0. The Morgan fingerprint density at radius 2 is 1.75 bits per heavy atom. The van der Waals surface area contributed by atoms with Gasteiger partial charge in [-0.3, -0.25) is 0 Å². The topological polar surface area (TPSA) is 0 Å². The van der Waals surface area contributed by atoms with E-state index in [0.717, 1.165) is 12.8 Å². The van der Waals surface area contributed by atoms with Crippen molar-refractivity contribution in [3.05, 3.63) is 53.9 Å². The number of halogens is 1. The van der Waals surface area contributed by atoms with Crippen molar-refractivity contribution < 1.29 is 0 Å². The number of benzene rings is 1. The zero-order valence-electron chi connectivity index (χ0n) is 9.86. The normalized spacial score (nSPS) is 15.8. The first kappa shape index (κ1) is 13.5. The Bertz CT molecular complexity index is 354. The van der Waals surface area contributed by atoms with E-state index in [0.29, 0.717) is 0 Å². The number of allylic oxidation sites excluding steroid dienone is 4. The molecule has 0 heterocycles. The lowest BCUT2D eigenvalue weighted by Gasteiger charge is -2.13. The Balaban J connectivity index is 0.000000606. The third-order valence-corrected chi connectivity index (χ3v) is 4.89. The van der Waals surface area contributed by atoms with Crippen LogP contribution >= 0.6 is 18.5 Å². The molecule has 0 spiro atoms. The fraction of sp³-hybridized carbons (Fsp3) is 0.286. The van der Waals surface area contributed by atoms with Gasteiger partial charge in [-0.1, -0.05) is 73.6 Å². The zero-order valence-corrected chi connectivity index (χ0v) is 11.5. The van der Waals surface area contributed by atoms with Crippen LogP contribution in [0.25, 0.3) is 0 Å². The molecule has 0 nitrogen and oxygen atoms in total. The van der Waals surface area contributed by atoms with Gasteiger partial charge in [0, 0.05) is 0 Å². The maximum absolute atomic E-state index is 6.43. The first-order valence-electron chi connectivity index (χ1n) is 5.75. The first-order chi connectivity index (χ1) is 7.88. The van der Waals surface area contributed by atoms with E-state index < -0.39 is 7.27 Å². The molecule has 1 aromatic carbocycles. The highest BCUT2D eigenvalue weighted by Crippen LogP contribution is 2.50. The highest BCUT2D eigenvalue weighted by Gasteiger charge is 2.11. The third kappa shape index (κ3) is 3.77. The Morgan fingerprint density at radius 1 is 1.06 bits per heavy atom. The molecule has 0 aliphatic heterocycles. The van der Waals surface area contributed by atoms with E-state index in [9.17, 15) is 0 Å². The predicted octanol–water partition coefficient (Wildman–Crippen LogP) is 5.21. The molecule has 0 saturated carbocycles. The molecule has 1 aliphatic carbocycles. The van der Waals surface area contributed by atoms with Crippen LogP contribution in [0.2, 0.25) is 0 Å². The largest absolute Gasteiger partial charge is 0.0859 e. The molecular formula is C14H18ClP.